The van der Waals surface area contributed by atoms with Gasteiger partial charge in [-0.05, 0) is 30.9 Å². The fourth-order valence-corrected chi connectivity index (χ4v) is 3.03. The van der Waals surface area contributed by atoms with Gasteiger partial charge in [0.05, 0.1) is 0 Å². The van der Waals surface area contributed by atoms with Crippen LogP contribution in [0.15, 0.2) is 12.1 Å². The van der Waals surface area contributed by atoms with Crippen LogP contribution in [0.3, 0.4) is 0 Å². The Labute approximate surface area is 125 Å². The molecule has 1 fully saturated rings. The topological polar surface area (TPSA) is 54.0 Å². The number of pyridine rings is 1. The summed E-state index contributed by atoms with van der Waals surface area (Å²) >= 11 is 5.93. The summed E-state index contributed by atoms with van der Waals surface area (Å²) in [6.45, 7) is 2.22. The number of aromatic nitrogens is 1. The van der Waals surface area contributed by atoms with Crippen molar-refractivity contribution in [1.29, 1.82) is 0 Å². The van der Waals surface area contributed by atoms with E-state index in [2.05, 4.69) is 22.5 Å². The lowest BCUT2D eigenvalue weighted by Gasteiger charge is -2.29. The van der Waals surface area contributed by atoms with E-state index in [4.69, 9.17) is 11.6 Å². The number of rotatable bonds is 4. The van der Waals surface area contributed by atoms with E-state index in [1.54, 1.807) is 19.2 Å². The number of nitrogens with zero attached hydrogens (tertiary/aromatic N) is 1. The van der Waals surface area contributed by atoms with E-state index in [1.807, 2.05) is 0 Å². The highest BCUT2D eigenvalue weighted by molar-refractivity contribution is 6.29. The molecular weight excluding hydrogens is 274 g/mol. The Kier molecular flexibility index (Phi) is 5.24. The van der Waals surface area contributed by atoms with Crippen molar-refractivity contribution in [2.24, 2.45) is 5.92 Å². The maximum absolute atomic E-state index is 12.3. The Hall–Kier alpha value is -1.29. The Morgan fingerprint density at radius 2 is 2.25 bits per heavy atom. The van der Waals surface area contributed by atoms with Gasteiger partial charge in [0.2, 0.25) is 0 Å². The molecule has 110 valence electrons. The van der Waals surface area contributed by atoms with Gasteiger partial charge in [-0.1, -0.05) is 37.8 Å². The minimum atomic E-state index is -0.0625. The van der Waals surface area contributed by atoms with Crippen LogP contribution in [0.1, 0.15) is 49.4 Å². The second-order valence-corrected chi connectivity index (χ2v) is 5.81. The highest BCUT2D eigenvalue weighted by Crippen LogP contribution is 2.26. The molecule has 0 aliphatic heterocycles. The molecule has 20 heavy (non-hydrogen) atoms. The number of halogens is 1. The minimum Gasteiger partial charge on any atom is -0.373 e. The zero-order chi connectivity index (χ0) is 14.5. The summed E-state index contributed by atoms with van der Waals surface area (Å²) in [4.78, 5) is 16.4. The second kappa shape index (κ2) is 6.93. The summed E-state index contributed by atoms with van der Waals surface area (Å²) in [6.07, 6.45) is 5.83. The maximum Gasteiger partial charge on any atom is 0.251 e. The number of nitrogens with one attached hydrogen (secondary N) is 2. The van der Waals surface area contributed by atoms with Crippen LogP contribution in [-0.4, -0.2) is 24.0 Å². The molecule has 0 bridgehead atoms. The molecule has 1 aliphatic rings. The molecule has 2 unspecified atom stereocenters. The standard InChI is InChI=1S/C15H22ClN3O/c1-3-10-5-4-6-12(7-10)18-15(20)11-8-13(16)19-14(9-11)17-2/h8-10,12H,3-7H2,1-2H3,(H,17,19)(H,18,20). The summed E-state index contributed by atoms with van der Waals surface area (Å²) in [5.41, 5.74) is 0.563. The van der Waals surface area contributed by atoms with Crippen LogP contribution >= 0.6 is 11.6 Å². The summed E-state index contributed by atoms with van der Waals surface area (Å²) < 4.78 is 0. The largest absolute Gasteiger partial charge is 0.373 e. The fourth-order valence-electron chi connectivity index (χ4n) is 2.82. The highest BCUT2D eigenvalue weighted by Gasteiger charge is 2.22. The van der Waals surface area contributed by atoms with Crippen molar-refractivity contribution >= 4 is 23.3 Å². The predicted octanol–water partition coefficient (Wildman–Crippen LogP) is 3.48. The average molecular weight is 296 g/mol. The van der Waals surface area contributed by atoms with E-state index >= 15 is 0 Å². The number of hydrogen-bond donors (Lipinski definition) is 2. The molecule has 1 heterocycles. The van der Waals surface area contributed by atoms with Gasteiger partial charge in [0.1, 0.15) is 11.0 Å². The Morgan fingerprint density at radius 1 is 1.45 bits per heavy atom. The molecule has 1 aromatic heterocycles. The highest BCUT2D eigenvalue weighted by atomic mass is 35.5. The molecule has 2 atom stereocenters. The Morgan fingerprint density at radius 3 is 2.95 bits per heavy atom. The van der Waals surface area contributed by atoms with Gasteiger partial charge < -0.3 is 10.6 Å². The third-order valence-electron chi connectivity index (χ3n) is 4.01. The van der Waals surface area contributed by atoms with Gasteiger partial charge in [-0.3, -0.25) is 4.79 Å². The molecular formula is C15H22ClN3O. The van der Waals surface area contributed by atoms with E-state index in [1.165, 1.54) is 19.3 Å². The van der Waals surface area contributed by atoms with Gasteiger partial charge in [-0.2, -0.15) is 0 Å². The van der Waals surface area contributed by atoms with Crippen LogP contribution in [0.25, 0.3) is 0 Å². The zero-order valence-corrected chi connectivity index (χ0v) is 12.8. The summed E-state index contributed by atoms with van der Waals surface area (Å²) in [5, 5.41) is 6.36. The van der Waals surface area contributed by atoms with Crippen molar-refractivity contribution < 1.29 is 4.79 Å². The molecule has 0 aromatic carbocycles. The summed E-state index contributed by atoms with van der Waals surface area (Å²) in [6, 6.07) is 3.62. The fraction of sp³-hybridized carbons (Fsp3) is 0.600. The third kappa shape index (κ3) is 3.85. The number of hydrogen-bond acceptors (Lipinski definition) is 3. The molecule has 1 saturated carbocycles. The normalized spacial score (nSPS) is 22.4. The molecule has 1 aliphatic carbocycles. The van der Waals surface area contributed by atoms with Crippen LogP contribution in [-0.2, 0) is 0 Å². The molecule has 0 saturated heterocycles. The molecule has 1 aromatic rings. The average Bonchev–Trinajstić information content (AvgIpc) is 2.46. The van der Waals surface area contributed by atoms with E-state index in [9.17, 15) is 4.79 Å². The van der Waals surface area contributed by atoms with Crippen LogP contribution in [0, 0.1) is 5.92 Å². The lowest BCUT2D eigenvalue weighted by Crippen LogP contribution is -2.38. The first kappa shape index (κ1) is 15.1. The van der Waals surface area contributed by atoms with Crippen LogP contribution in [0.2, 0.25) is 5.15 Å². The quantitative estimate of drug-likeness (QED) is 0.836. The Bertz CT molecular complexity index is 478. The van der Waals surface area contributed by atoms with Gasteiger partial charge in [-0.15, -0.1) is 0 Å². The van der Waals surface area contributed by atoms with E-state index < -0.39 is 0 Å². The third-order valence-corrected chi connectivity index (χ3v) is 4.20. The first-order valence-corrected chi connectivity index (χ1v) is 7.66. The van der Waals surface area contributed by atoms with E-state index in [0.29, 0.717) is 16.5 Å². The van der Waals surface area contributed by atoms with Crippen molar-refractivity contribution in [2.75, 3.05) is 12.4 Å². The number of carbonyl (C=O) groups excluding carboxylic acids is 1. The molecule has 0 spiro atoms. The summed E-state index contributed by atoms with van der Waals surface area (Å²) in [7, 11) is 1.76. The van der Waals surface area contributed by atoms with Crippen molar-refractivity contribution in [2.45, 2.75) is 45.1 Å². The van der Waals surface area contributed by atoms with Crippen molar-refractivity contribution in [3.8, 4) is 0 Å². The van der Waals surface area contributed by atoms with Crippen molar-refractivity contribution in [3.63, 3.8) is 0 Å². The minimum absolute atomic E-state index is 0.0625. The predicted molar refractivity (Wildman–Crippen MR) is 82.3 cm³/mol. The number of anilines is 1. The zero-order valence-electron chi connectivity index (χ0n) is 12.1. The first-order chi connectivity index (χ1) is 9.62. The lowest BCUT2D eigenvalue weighted by atomic mass is 9.84. The molecule has 0 radical (unpaired) electrons. The van der Waals surface area contributed by atoms with E-state index in [-0.39, 0.29) is 11.9 Å². The lowest BCUT2D eigenvalue weighted by molar-refractivity contribution is 0.0919. The Balaban J connectivity index is 2.02. The van der Waals surface area contributed by atoms with Crippen molar-refractivity contribution in [3.05, 3.63) is 22.8 Å². The smallest absolute Gasteiger partial charge is 0.251 e. The SMILES string of the molecule is CCC1CCCC(NC(=O)c2cc(Cl)nc(NC)c2)C1. The van der Waals surface area contributed by atoms with Gasteiger partial charge >= 0.3 is 0 Å². The van der Waals surface area contributed by atoms with Crippen LogP contribution < -0.4 is 10.6 Å². The molecule has 4 nitrogen and oxygen atoms in total. The number of carbonyl (C=O) groups is 1. The van der Waals surface area contributed by atoms with Gasteiger partial charge in [-0.25, -0.2) is 4.98 Å². The number of amides is 1. The summed E-state index contributed by atoms with van der Waals surface area (Å²) in [5.74, 6) is 1.29. The van der Waals surface area contributed by atoms with E-state index in [0.717, 1.165) is 18.8 Å². The molecule has 2 N–H and O–H groups in total. The monoisotopic (exact) mass is 295 g/mol. The molecule has 1 amide bonds. The van der Waals surface area contributed by atoms with Crippen LogP contribution in [0.4, 0.5) is 5.82 Å². The maximum atomic E-state index is 12.3. The van der Waals surface area contributed by atoms with Crippen LogP contribution in [0.5, 0.6) is 0 Å². The van der Waals surface area contributed by atoms with Gasteiger partial charge in [0.15, 0.2) is 0 Å². The first-order valence-electron chi connectivity index (χ1n) is 7.28. The molecule has 2 rings (SSSR count). The van der Waals surface area contributed by atoms with Gasteiger partial charge in [0, 0.05) is 18.7 Å². The van der Waals surface area contributed by atoms with Gasteiger partial charge in [0.25, 0.3) is 5.91 Å². The van der Waals surface area contributed by atoms with Crippen molar-refractivity contribution in [1.82, 2.24) is 10.3 Å². The second-order valence-electron chi connectivity index (χ2n) is 5.43. The molecule has 5 heteroatoms.